The highest BCUT2D eigenvalue weighted by Gasteiger charge is 2.29. The number of aromatic nitrogens is 1. The third-order valence-corrected chi connectivity index (χ3v) is 6.72. The SMILES string of the molecule is CN/C=C\C(N)=NC(=O)c1sc(SC)c2c1CCc1cnsc1-2. The second kappa shape index (κ2) is 6.86. The molecule has 2 aromatic rings. The number of hydrogen-bond acceptors (Lipinski definition) is 6. The number of carbonyl (C=O) groups excluding carboxylic acids is 1. The van der Waals surface area contributed by atoms with E-state index >= 15 is 0 Å². The van der Waals surface area contributed by atoms with E-state index < -0.39 is 0 Å². The number of aliphatic imine (C=N–C) groups is 1. The van der Waals surface area contributed by atoms with Gasteiger partial charge in [-0.2, -0.15) is 4.99 Å². The van der Waals surface area contributed by atoms with Gasteiger partial charge in [-0.1, -0.05) is 0 Å². The van der Waals surface area contributed by atoms with Gasteiger partial charge in [-0.15, -0.1) is 23.1 Å². The summed E-state index contributed by atoms with van der Waals surface area (Å²) in [7, 11) is 1.76. The Hall–Kier alpha value is -1.64. The van der Waals surface area contributed by atoms with E-state index in [2.05, 4.69) is 14.7 Å². The number of amides is 1. The monoisotopic (exact) mass is 364 g/mol. The van der Waals surface area contributed by atoms with Crippen LogP contribution in [-0.4, -0.2) is 29.4 Å². The van der Waals surface area contributed by atoms with E-state index in [1.165, 1.54) is 38.9 Å². The Bertz CT molecular complexity index is 804. The molecule has 0 spiro atoms. The Kier molecular flexibility index (Phi) is 4.84. The first-order chi connectivity index (χ1) is 11.2. The number of thiophene rings is 1. The highest BCUT2D eigenvalue weighted by atomic mass is 32.2. The fourth-order valence-electron chi connectivity index (χ4n) is 2.50. The van der Waals surface area contributed by atoms with Crippen molar-refractivity contribution in [3.05, 3.63) is 34.5 Å². The lowest BCUT2D eigenvalue weighted by Crippen LogP contribution is -2.13. The van der Waals surface area contributed by atoms with Crippen LogP contribution in [0.25, 0.3) is 10.4 Å². The molecule has 1 amide bonds. The maximum absolute atomic E-state index is 12.5. The van der Waals surface area contributed by atoms with Crippen molar-refractivity contribution in [2.75, 3.05) is 13.3 Å². The number of nitrogens with one attached hydrogen (secondary N) is 1. The van der Waals surface area contributed by atoms with Crippen LogP contribution in [-0.2, 0) is 12.8 Å². The van der Waals surface area contributed by atoms with Crippen LogP contribution in [0.5, 0.6) is 0 Å². The molecule has 8 heteroatoms. The number of amidine groups is 1. The van der Waals surface area contributed by atoms with Gasteiger partial charge in [0.05, 0.1) is 14.0 Å². The lowest BCUT2D eigenvalue weighted by Gasteiger charge is -2.13. The second-order valence-electron chi connectivity index (χ2n) is 4.92. The molecule has 3 rings (SSSR count). The van der Waals surface area contributed by atoms with Crippen molar-refractivity contribution >= 4 is 46.4 Å². The molecule has 2 heterocycles. The van der Waals surface area contributed by atoms with Crippen LogP contribution < -0.4 is 11.1 Å². The predicted molar refractivity (Wildman–Crippen MR) is 98.8 cm³/mol. The molecule has 0 saturated carbocycles. The van der Waals surface area contributed by atoms with Crippen molar-refractivity contribution in [3.8, 4) is 10.4 Å². The maximum atomic E-state index is 12.5. The van der Waals surface area contributed by atoms with Gasteiger partial charge in [-0.05, 0) is 54.0 Å². The molecular weight excluding hydrogens is 348 g/mol. The summed E-state index contributed by atoms with van der Waals surface area (Å²) < 4.78 is 5.45. The van der Waals surface area contributed by atoms with E-state index in [0.717, 1.165) is 22.6 Å². The highest BCUT2D eigenvalue weighted by Crippen LogP contribution is 2.47. The summed E-state index contributed by atoms with van der Waals surface area (Å²) in [5, 5.41) is 2.82. The minimum atomic E-state index is -0.266. The topological polar surface area (TPSA) is 80.4 Å². The second-order valence-corrected chi connectivity index (χ2v) is 7.82. The molecule has 0 aliphatic heterocycles. The smallest absolute Gasteiger partial charge is 0.289 e. The van der Waals surface area contributed by atoms with Gasteiger partial charge in [-0.25, -0.2) is 4.37 Å². The van der Waals surface area contributed by atoms with Crippen molar-refractivity contribution in [2.24, 2.45) is 10.7 Å². The standard InChI is InChI=1S/C15H16N4OS3/c1-17-6-5-10(16)19-14(20)13-9-4-3-8-7-18-23-12(8)11(9)15(21-2)22-13/h5-7,17H,3-4H2,1-2H3,(H2,16,19,20)/b6-5-. The van der Waals surface area contributed by atoms with E-state index in [1.54, 1.807) is 31.1 Å². The summed E-state index contributed by atoms with van der Waals surface area (Å²) >= 11 is 4.67. The third-order valence-electron chi connectivity index (χ3n) is 3.52. The molecule has 0 fully saturated rings. The van der Waals surface area contributed by atoms with Crippen molar-refractivity contribution in [2.45, 2.75) is 17.1 Å². The van der Waals surface area contributed by atoms with E-state index in [4.69, 9.17) is 5.73 Å². The molecule has 0 bridgehead atoms. The van der Waals surface area contributed by atoms with Gasteiger partial charge in [0, 0.05) is 18.8 Å². The molecular formula is C15H16N4OS3. The van der Waals surface area contributed by atoms with Crippen molar-refractivity contribution in [3.63, 3.8) is 0 Å². The van der Waals surface area contributed by atoms with Gasteiger partial charge in [0.25, 0.3) is 5.91 Å². The molecule has 0 aromatic carbocycles. The Balaban J connectivity index is 2.03. The first kappa shape index (κ1) is 16.2. The largest absolute Gasteiger partial charge is 0.394 e. The number of nitrogens with zero attached hydrogens (tertiary/aromatic N) is 2. The molecule has 0 radical (unpaired) electrons. The van der Waals surface area contributed by atoms with Gasteiger partial charge < -0.3 is 11.1 Å². The molecule has 2 aromatic heterocycles. The lowest BCUT2D eigenvalue weighted by molar-refractivity contribution is 0.101. The summed E-state index contributed by atoms with van der Waals surface area (Å²) in [5.74, 6) is -0.0655. The maximum Gasteiger partial charge on any atom is 0.289 e. The zero-order valence-electron chi connectivity index (χ0n) is 12.8. The normalized spacial score (nSPS) is 13.9. The Morgan fingerprint density at radius 3 is 3.09 bits per heavy atom. The van der Waals surface area contributed by atoms with Gasteiger partial charge in [0.1, 0.15) is 5.84 Å². The van der Waals surface area contributed by atoms with Crippen LogP contribution >= 0.6 is 34.6 Å². The minimum absolute atomic E-state index is 0.200. The summed E-state index contributed by atoms with van der Waals surface area (Å²) in [6, 6.07) is 0. The Morgan fingerprint density at radius 2 is 2.35 bits per heavy atom. The average molecular weight is 365 g/mol. The van der Waals surface area contributed by atoms with Crippen LogP contribution in [0.4, 0.5) is 0 Å². The average Bonchev–Trinajstić information content (AvgIpc) is 3.15. The van der Waals surface area contributed by atoms with E-state index in [1.807, 2.05) is 12.5 Å². The molecule has 1 aliphatic rings. The highest BCUT2D eigenvalue weighted by molar-refractivity contribution is 8.00. The van der Waals surface area contributed by atoms with Gasteiger partial charge in [0.2, 0.25) is 0 Å². The van der Waals surface area contributed by atoms with Crippen LogP contribution in [0.15, 0.2) is 27.7 Å². The van der Waals surface area contributed by atoms with E-state index in [-0.39, 0.29) is 11.7 Å². The lowest BCUT2D eigenvalue weighted by atomic mass is 9.93. The molecule has 3 N–H and O–H groups in total. The summed E-state index contributed by atoms with van der Waals surface area (Å²) in [6.07, 6.45) is 8.96. The van der Waals surface area contributed by atoms with E-state index in [9.17, 15) is 4.79 Å². The quantitative estimate of drug-likeness (QED) is 0.495. The zero-order valence-corrected chi connectivity index (χ0v) is 15.2. The summed E-state index contributed by atoms with van der Waals surface area (Å²) in [4.78, 5) is 18.4. The Labute approximate surface area is 146 Å². The minimum Gasteiger partial charge on any atom is -0.394 e. The molecule has 0 atom stereocenters. The molecule has 0 saturated heterocycles. The fraction of sp³-hybridized carbons (Fsp3) is 0.267. The number of hydrogen-bond donors (Lipinski definition) is 2. The van der Waals surface area contributed by atoms with Crippen LogP contribution in [0.1, 0.15) is 20.8 Å². The van der Waals surface area contributed by atoms with Crippen LogP contribution in [0, 0.1) is 0 Å². The van der Waals surface area contributed by atoms with Crippen LogP contribution in [0.3, 0.4) is 0 Å². The summed E-state index contributed by atoms with van der Waals surface area (Å²) in [5.41, 5.74) is 9.31. The van der Waals surface area contributed by atoms with Crippen molar-refractivity contribution in [1.29, 1.82) is 0 Å². The summed E-state index contributed by atoms with van der Waals surface area (Å²) in [6.45, 7) is 0. The predicted octanol–water partition coefficient (Wildman–Crippen LogP) is 2.92. The molecule has 5 nitrogen and oxygen atoms in total. The number of carbonyl (C=O) groups is 1. The van der Waals surface area contributed by atoms with Crippen LogP contribution in [0.2, 0.25) is 0 Å². The third kappa shape index (κ3) is 3.06. The first-order valence-corrected chi connectivity index (χ1v) is 9.83. The van der Waals surface area contributed by atoms with E-state index in [0.29, 0.717) is 4.88 Å². The number of aryl methyl sites for hydroxylation is 1. The number of nitrogens with two attached hydrogens (primary N) is 1. The van der Waals surface area contributed by atoms with Crippen molar-refractivity contribution < 1.29 is 4.79 Å². The molecule has 0 unspecified atom stereocenters. The zero-order chi connectivity index (χ0) is 16.4. The molecule has 23 heavy (non-hydrogen) atoms. The van der Waals surface area contributed by atoms with Gasteiger partial charge in [0.15, 0.2) is 0 Å². The fourth-order valence-corrected chi connectivity index (χ4v) is 5.49. The molecule has 1 aliphatic carbocycles. The van der Waals surface area contributed by atoms with Gasteiger partial charge in [-0.3, -0.25) is 4.79 Å². The van der Waals surface area contributed by atoms with Crippen molar-refractivity contribution in [1.82, 2.24) is 9.69 Å². The number of thioether (sulfide) groups is 1. The number of rotatable bonds is 4. The van der Waals surface area contributed by atoms with Gasteiger partial charge >= 0.3 is 0 Å². The first-order valence-electron chi connectivity index (χ1n) is 7.01. The Morgan fingerprint density at radius 1 is 1.52 bits per heavy atom. The molecule has 120 valence electrons. The number of fused-ring (bicyclic) bond motifs is 3.